The predicted molar refractivity (Wildman–Crippen MR) is 208 cm³/mol. The van der Waals surface area contributed by atoms with Crippen LogP contribution >= 0.6 is 0 Å². The Balaban J connectivity index is 1.94. The second-order valence-corrected chi connectivity index (χ2v) is 15.5. The van der Waals surface area contributed by atoms with Crippen molar-refractivity contribution in [2.45, 2.75) is 222 Å². The fourth-order valence-electron chi connectivity index (χ4n) is 7.11. The van der Waals surface area contributed by atoms with Crippen LogP contribution in [0.1, 0.15) is 149 Å². The Labute approximate surface area is 329 Å². The molecule has 0 aromatic heterocycles. The Morgan fingerprint density at radius 3 is 1.67 bits per heavy atom. The molecular weight excluding hydrogens is 714 g/mol. The van der Waals surface area contributed by atoms with Gasteiger partial charge in [-0.05, 0) is 19.3 Å². The highest BCUT2D eigenvalue weighted by atomic mass is 16.7. The molecule has 14 heteroatoms. The topological polar surface area (TPSA) is 228 Å². The van der Waals surface area contributed by atoms with Gasteiger partial charge in [0.2, 0.25) is 5.91 Å². The first kappa shape index (κ1) is 49.9. The second-order valence-electron chi connectivity index (χ2n) is 15.5. The molecule has 0 radical (unpaired) electrons. The van der Waals surface area contributed by atoms with E-state index in [1.807, 2.05) is 6.08 Å². The van der Waals surface area contributed by atoms with Crippen LogP contribution in [-0.2, 0) is 23.7 Å². The lowest BCUT2D eigenvalue weighted by atomic mass is 9.97. The molecule has 12 atom stereocenters. The Morgan fingerprint density at radius 1 is 0.636 bits per heavy atom. The van der Waals surface area contributed by atoms with Gasteiger partial charge in [0.05, 0.1) is 32.0 Å². The van der Waals surface area contributed by atoms with Gasteiger partial charge < -0.3 is 65.1 Å². The van der Waals surface area contributed by atoms with Gasteiger partial charge in [0, 0.05) is 6.42 Å². The first-order valence-corrected chi connectivity index (χ1v) is 21.4. The summed E-state index contributed by atoms with van der Waals surface area (Å²) >= 11 is 0. The lowest BCUT2D eigenvalue weighted by molar-refractivity contribution is -0.359. The maximum atomic E-state index is 13.0. The number of nitrogens with one attached hydrogen (secondary N) is 1. The first-order chi connectivity index (χ1) is 26.6. The van der Waals surface area contributed by atoms with Gasteiger partial charge in [-0.2, -0.15) is 0 Å². The van der Waals surface area contributed by atoms with Crippen LogP contribution in [0.3, 0.4) is 0 Å². The zero-order chi connectivity index (χ0) is 40.4. The van der Waals surface area contributed by atoms with E-state index in [-0.39, 0.29) is 18.9 Å². The third kappa shape index (κ3) is 18.9. The summed E-state index contributed by atoms with van der Waals surface area (Å²) in [5.74, 6) is -0.244. The van der Waals surface area contributed by atoms with Crippen LogP contribution in [0.2, 0.25) is 0 Å². The zero-order valence-corrected chi connectivity index (χ0v) is 33.7. The van der Waals surface area contributed by atoms with Gasteiger partial charge in [-0.1, -0.05) is 135 Å². The highest BCUT2D eigenvalue weighted by Gasteiger charge is 2.50. The standard InChI is InChI=1S/C41H77NO13/c1-3-5-7-9-11-13-15-17-19-21-23-25-33(46)42-29(30(45)24-22-20-18-16-14-12-10-8-6-4-2)28-52-40-38(51)36(49)39(32(27-44)54-40)55-41-37(50)35(48)34(47)31(26-43)53-41/h22,24,29-32,34-41,43-45,47-51H,3-21,23,25-28H2,1-2H3,(H,42,46)/b24-22+. The van der Waals surface area contributed by atoms with Crippen LogP contribution < -0.4 is 5.32 Å². The number of carbonyl (C=O) groups is 1. The van der Waals surface area contributed by atoms with Gasteiger partial charge in [0.15, 0.2) is 12.6 Å². The molecule has 2 saturated heterocycles. The van der Waals surface area contributed by atoms with Crippen LogP contribution in [-0.4, -0.2) is 140 Å². The zero-order valence-electron chi connectivity index (χ0n) is 33.7. The molecule has 2 rings (SSSR count). The molecule has 0 aromatic carbocycles. The lowest BCUT2D eigenvalue weighted by Crippen LogP contribution is -2.65. The van der Waals surface area contributed by atoms with E-state index in [4.69, 9.17) is 18.9 Å². The van der Waals surface area contributed by atoms with Crippen molar-refractivity contribution >= 4 is 5.91 Å². The Kier molecular flexibility index (Phi) is 27.1. The van der Waals surface area contributed by atoms with Crippen molar-refractivity contribution in [2.24, 2.45) is 0 Å². The normalized spacial score (nSPS) is 29.8. The van der Waals surface area contributed by atoms with Crippen molar-refractivity contribution in [2.75, 3.05) is 19.8 Å². The van der Waals surface area contributed by atoms with Crippen molar-refractivity contribution in [3.63, 3.8) is 0 Å². The number of hydrogen-bond donors (Lipinski definition) is 9. The second kappa shape index (κ2) is 29.9. The third-order valence-electron chi connectivity index (χ3n) is 10.7. The van der Waals surface area contributed by atoms with Crippen LogP contribution in [0.25, 0.3) is 0 Å². The van der Waals surface area contributed by atoms with E-state index in [0.717, 1.165) is 38.5 Å². The molecule has 0 aromatic rings. The molecule has 55 heavy (non-hydrogen) atoms. The van der Waals surface area contributed by atoms with Crippen LogP contribution in [0.5, 0.6) is 0 Å². The molecule has 2 aliphatic heterocycles. The number of amides is 1. The average Bonchev–Trinajstić information content (AvgIpc) is 3.18. The quantitative estimate of drug-likeness (QED) is 0.0364. The van der Waals surface area contributed by atoms with Crippen molar-refractivity contribution in [3.8, 4) is 0 Å². The van der Waals surface area contributed by atoms with Crippen molar-refractivity contribution in [1.29, 1.82) is 0 Å². The molecule has 0 aliphatic carbocycles. The van der Waals surface area contributed by atoms with E-state index in [9.17, 15) is 45.6 Å². The Hall–Kier alpha value is -1.27. The maximum absolute atomic E-state index is 13.0. The molecule has 0 spiro atoms. The van der Waals surface area contributed by atoms with E-state index < -0.39 is 86.8 Å². The molecule has 9 N–H and O–H groups in total. The smallest absolute Gasteiger partial charge is 0.220 e. The number of unbranched alkanes of at least 4 members (excludes halogenated alkanes) is 18. The number of allylic oxidation sites excluding steroid dienone is 1. The Bertz CT molecular complexity index is 988. The SMILES string of the molecule is CCCCCCCCCC/C=C/C(O)C(COC1OC(CO)C(OC2OC(CO)C(O)C(O)C2O)C(O)C1O)NC(=O)CCCCCCCCCCCCC. The molecule has 0 saturated carbocycles. The highest BCUT2D eigenvalue weighted by molar-refractivity contribution is 5.76. The van der Waals surface area contributed by atoms with E-state index in [2.05, 4.69) is 19.2 Å². The van der Waals surface area contributed by atoms with E-state index in [1.54, 1.807) is 6.08 Å². The molecule has 12 unspecified atom stereocenters. The molecular formula is C41H77NO13. The number of ether oxygens (including phenoxy) is 4. The molecule has 2 heterocycles. The van der Waals surface area contributed by atoms with E-state index >= 15 is 0 Å². The fraction of sp³-hybridized carbons (Fsp3) is 0.927. The van der Waals surface area contributed by atoms with Gasteiger partial charge in [-0.3, -0.25) is 4.79 Å². The van der Waals surface area contributed by atoms with Gasteiger partial charge in [-0.15, -0.1) is 0 Å². The van der Waals surface area contributed by atoms with Crippen LogP contribution in [0.15, 0.2) is 12.2 Å². The minimum absolute atomic E-state index is 0.244. The molecule has 0 bridgehead atoms. The van der Waals surface area contributed by atoms with Crippen LogP contribution in [0, 0.1) is 0 Å². The number of aliphatic hydroxyl groups is 8. The van der Waals surface area contributed by atoms with Crippen molar-refractivity contribution in [1.82, 2.24) is 5.32 Å². The molecule has 324 valence electrons. The minimum atomic E-state index is -1.78. The number of carbonyl (C=O) groups excluding carboxylic acids is 1. The fourth-order valence-corrected chi connectivity index (χ4v) is 7.11. The third-order valence-corrected chi connectivity index (χ3v) is 10.7. The minimum Gasteiger partial charge on any atom is -0.394 e. The summed E-state index contributed by atoms with van der Waals surface area (Å²) in [4.78, 5) is 13.0. The van der Waals surface area contributed by atoms with Crippen molar-refractivity contribution in [3.05, 3.63) is 12.2 Å². The van der Waals surface area contributed by atoms with Gasteiger partial charge in [0.1, 0.15) is 48.8 Å². The van der Waals surface area contributed by atoms with Gasteiger partial charge in [-0.25, -0.2) is 0 Å². The predicted octanol–water partition coefficient (Wildman–Crippen LogP) is 3.26. The summed E-state index contributed by atoms with van der Waals surface area (Å²) in [6, 6.07) is -0.904. The lowest BCUT2D eigenvalue weighted by Gasteiger charge is -2.46. The molecule has 14 nitrogen and oxygen atoms in total. The maximum Gasteiger partial charge on any atom is 0.220 e. The summed E-state index contributed by atoms with van der Waals surface area (Å²) < 4.78 is 22.5. The average molecular weight is 792 g/mol. The summed E-state index contributed by atoms with van der Waals surface area (Å²) in [6.07, 6.45) is 9.87. The van der Waals surface area contributed by atoms with E-state index in [1.165, 1.54) is 83.5 Å². The number of hydrogen-bond acceptors (Lipinski definition) is 13. The van der Waals surface area contributed by atoms with Crippen LogP contribution in [0.4, 0.5) is 0 Å². The highest BCUT2D eigenvalue weighted by Crippen LogP contribution is 2.30. The molecule has 2 aliphatic rings. The Morgan fingerprint density at radius 2 is 1.13 bits per heavy atom. The number of rotatable bonds is 31. The van der Waals surface area contributed by atoms with Crippen molar-refractivity contribution < 1.29 is 64.6 Å². The first-order valence-electron chi connectivity index (χ1n) is 21.4. The summed E-state index contributed by atoms with van der Waals surface area (Å²) in [5.41, 5.74) is 0. The molecule has 2 fully saturated rings. The summed E-state index contributed by atoms with van der Waals surface area (Å²) in [5, 5.41) is 86.2. The number of aliphatic hydroxyl groups excluding tert-OH is 8. The molecule has 1 amide bonds. The largest absolute Gasteiger partial charge is 0.394 e. The van der Waals surface area contributed by atoms with Gasteiger partial charge in [0.25, 0.3) is 0 Å². The summed E-state index contributed by atoms with van der Waals surface area (Å²) in [7, 11) is 0. The van der Waals surface area contributed by atoms with Gasteiger partial charge >= 0.3 is 0 Å². The summed E-state index contributed by atoms with van der Waals surface area (Å²) in [6.45, 7) is 2.72. The monoisotopic (exact) mass is 792 g/mol. The van der Waals surface area contributed by atoms with E-state index in [0.29, 0.717) is 6.42 Å².